The van der Waals surface area contributed by atoms with Crippen LogP contribution in [0.25, 0.3) is 0 Å². The summed E-state index contributed by atoms with van der Waals surface area (Å²) < 4.78 is 5.72. The molecular formula is C13H22N3O4P. The fourth-order valence-corrected chi connectivity index (χ4v) is 3.24. The lowest BCUT2D eigenvalue weighted by Gasteiger charge is -2.30. The summed E-state index contributed by atoms with van der Waals surface area (Å²) in [4.78, 5) is 11.2. The van der Waals surface area contributed by atoms with E-state index in [1.54, 1.807) is 0 Å². The molecule has 2 aliphatic heterocycles. The first-order valence-electron chi connectivity index (χ1n) is 6.71. The topological polar surface area (TPSA) is 94.4 Å². The molecule has 7 nitrogen and oxygen atoms in total. The van der Waals surface area contributed by atoms with Crippen molar-refractivity contribution in [1.82, 2.24) is 10.3 Å². The average Bonchev–Trinajstić information content (AvgIpc) is 2.64. The lowest BCUT2D eigenvalue weighted by Crippen LogP contribution is -2.47. The van der Waals surface area contributed by atoms with Gasteiger partial charge >= 0.3 is 0 Å². The van der Waals surface area contributed by atoms with Crippen LogP contribution < -0.4 is 5.32 Å². The Morgan fingerprint density at radius 2 is 2.14 bits per heavy atom. The van der Waals surface area contributed by atoms with E-state index in [4.69, 9.17) is 4.74 Å². The molecule has 118 valence electrons. The number of hydrogen-bond acceptors (Lipinski definition) is 6. The molecule has 2 aliphatic rings. The van der Waals surface area contributed by atoms with Gasteiger partial charge in [0.05, 0.1) is 6.10 Å². The number of aliphatic hydroxyl groups is 2. The van der Waals surface area contributed by atoms with Gasteiger partial charge in [0.25, 0.3) is 5.91 Å². The Morgan fingerprint density at radius 1 is 1.48 bits per heavy atom. The average molecular weight is 315 g/mol. The summed E-state index contributed by atoms with van der Waals surface area (Å²) in [5, 5.41) is 27.9. The molecular weight excluding hydrogens is 293 g/mol. The van der Waals surface area contributed by atoms with E-state index in [0.29, 0.717) is 6.42 Å². The number of carbonyl (C=O) groups is 1. The van der Waals surface area contributed by atoms with Gasteiger partial charge in [-0.2, -0.15) is 5.10 Å². The van der Waals surface area contributed by atoms with Crippen LogP contribution in [-0.2, 0) is 9.53 Å². The number of nitrogens with zero attached hydrogens (tertiary/aromatic N) is 2. The molecule has 1 fully saturated rings. The van der Waals surface area contributed by atoms with Crippen molar-refractivity contribution in [3.63, 3.8) is 0 Å². The second kappa shape index (κ2) is 5.93. The van der Waals surface area contributed by atoms with Gasteiger partial charge in [0.2, 0.25) is 0 Å². The van der Waals surface area contributed by atoms with Crippen LogP contribution in [0.1, 0.15) is 6.42 Å². The molecule has 1 unspecified atom stereocenters. The summed E-state index contributed by atoms with van der Waals surface area (Å²) in [5.41, 5.74) is 0. The first-order chi connectivity index (χ1) is 9.69. The smallest absolute Gasteiger partial charge is 0.269 e. The third-order valence-corrected chi connectivity index (χ3v) is 4.91. The zero-order valence-corrected chi connectivity index (χ0v) is 13.2. The normalized spacial score (nSPS) is 33.4. The van der Waals surface area contributed by atoms with Gasteiger partial charge in [0.1, 0.15) is 24.2 Å². The number of ether oxygens (including phenoxy) is 1. The van der Waals surface area contributed by atoms with E-state index < -0.39 is 31.4 Å². The molecule has 8 heteroatoms. The lowest BCUT2D eigenvalue weighted by molar-refractivity contribution is -0.117. The first kappa shape index (κ1) is 16.2. The van der Waals surface area contributed by atoms with E-state index in [0.717, 1.165) is 12.4 Å². The molecule has 0 aromatic rings. The Morgan fingerprint density at radius 3 is 2.71 bits per heavy atom. The molecule has 4 atom stereocenters. The zero-order chi connectivity index (χ0) is 15.8. The van der Waals surface area contributed by atoms with E-state index in [2.05, 4.69) is 36.6 Å². The fourth-order valence-electron chi connectivity index (χ4n) is 2.28. The van der Waals surface area contributed by atoms with Crippen molar-refractivity contribution in [2.45, 2.75) is 31.0 Å². The number of carbonyl (C=O) groups excluding carboxylic acids is 1. The SMILES string of the molecule is C=C1NC(=O)C=NN1[C@@H]1O[C@H](CCP(=C)(C)C)[C@@H](O)C1O. The van der Waals surface area contributed by atoms with Crippen LogP contribution in [0.15, 0.2) is 17.5 Å². The Labute approximate surface area is 124 Å². The molecule has 0 bridgehead atoms. The van der Waals surface area contributed by atoms with Crippen molar-refractivity contribution in [3.8, 4) is 0 Å². The number of rotatable bonds is 4. The highest BCUT2D eigenvalue weighted by atomic mass is 31.2. The maximum Gasteiger partial charge on any atom is 0.269 e. The van der Waals surface area contributed by atoms with Crippen molar-refractivity contribution >= 4 is 25.3 Å². The Balaban J connectivity index is 2.06. The molecule has 0 radical (unpaired) electrons. The fraction of sp³-hybridized carbons (Fsp3) is 0.615. The minimum Gasteiger partial charge on any atom is -0.388 e. The van der Waals surface area contributed by atoms with Crippen LogP contribution in [0, 0.1) is 0 Å². The Hall–Kier alpha value is -1.14. The summed E-state index contributed by atoms with van der Waals surface area (Å²) in [5.74, 6) is -0.172. The molecule has 2 rings (SSSR count). The van der Waals surface area contributed by atoms with E-state index in [1.807, 2.05) is 0 Å². The number of aliphatic hydroxyl groups excluding tert-OH is 2. The number of hydrazone groups is 1. The van der Waals surface area contributed by atoms with Crippen molar-refractivity contribution < 1.29 is 19.7 Å². The molecule has 0 aromatic carbocycles. The van der Waals surface area contributed by atoms with Gasteiger partial charge in [-0.15, -0.1) is 13.2 Å². The van der Waals surface area contributed by atoms with Gasteiger partial charge in [0, 0.05) is 0 Å². The van der Waals surface area contributed by atoms with Gasteiger partial charge in [-0.25, -0.2) is 5.01 Å². The third-order valence-electron chi connectivity index (χ3n) is 3.44. The molecule has 0 saturated carbocycles. The highest BCUT2D eigenvalue weighted by molar-refractivity contribution is 7.72. The maximum atomic E-state index is 11.2. The number of nitrogens with one attached hydrogen (secondary N) is 1. The number of hydrogen-bond donors (Lipinski definition) is 3. The number of amides is 1. The van der Waals surface area contributed by atoms with E-state index in [1.165, 1.54) is 5.01 Å². The second-order valence-corrected chi connectivity index (χ2v) is 10.3. The van der Waals surface area contributed by atoms with Gasteiger partial charge in [-0.05, 0) is 25.9 Å². The minimum absolute atomic E-state index is 0.212. The van der Waals surface area contributed by atoms with Gasteiger partial charge in [-0.3, -0.25) is 4.79 Å². The highest BCUT2D eigenvalue weighted by Gasteiger charge is 2.46. The Kier molecular flexibility index (Phi) is 4.58. The van der Waals surface area contributed by atoms with Crippen LogP contribution in [-0.4, -0.2) is 77.7 Å². The molecule has 0 spiro atoms. The van der Waals surface area contributed by atoms with E-state index in [9.17, 15) is 15.0 Å². The summed E-state index contributed by atoms with van der Waals surface area (Å²) in [6.07, 6.45) is 3.22. The zero-order valence-electron chi connectivity index (χ0n) is 12.3. The van der Waals surface area contributed by atoms with E-state index in [-0.39, 0.29) is 11.7 Å². The molecule has 21 heavy (non-hydrogen) atoms. The first-order valence-corrected chi connectivity index (χ1v) is 9.76. The Bertz CT molecular complexity index is 516. The monoisotopic (exact) mass is 315 g/mol. The van der Waals surface area contributed by atoms with Crippen LogP contribution in [0.5, 0.6) is 0 Å². The van der Waals surface area contributed by atoms with Crippen LogP contribution in [0.3, 0.4) is 0 Å². The molecule has 0 aliphatic carbocycles. The molecule has 0 aromatic heterocycles. The van der Waals surface area contributed by atoms with Crippen molar-refractivity contribution in [2.24, 2.45) is 5.10 Å². The third kappa shape index (κ3) is 3.74. The predicted octanol–water partition coefficient (Wildman–Crippen LogP) is -0.579. The van der Waals surface area contributed by atoms with Gasteiger partial charge in [-0.1, -0.05) is 6.58 Å². The summed E-state index contributed by atoms with van der Waals surface area (Å²) in [6, 6.07) is 0. The summed E-state index contributed by atoms with van der Waals surface area (Å²) >= 11 is 0. The van der Waals surface area contributed by atoms with Gasteiger partial charge in [0.15, 0.2) is 6.23 Å². The standard InChI is InChI=1S/C13H22N3O4P/c1-8-15-10(17)7-14-16(8)13-12(19)11(18)9(20-13)5-6-21(2,3)4/h7,9,11-13,18-19H,1-2,5-6H2,3-4H3,(H,15,17)/t9-,11-,12?,13-/m1/s1. The summed E-state index contributed by atoms with van der Waals surface area (Å²) in [7, 11) is 0. The van der Waals surface area contributed by atoms with Crippen LogP contribution in [0.4, 0.5) is 0 Å². The predicted molar refractivity (Wildman–Crippen MR) is 83.7 cm³/mol. The maximum absolute atomic E-state index is 11.2. The van der Waals surface area contributed by atoms with Crippen molar-refractivity contribution in [1.29, 1.82) is 0 Å². The molecule has 1 saturated heterocycles. The largest absolute Gasteiger partial charge is 0.388 e. The van der Waals surface area contributed by atoms with Crippen LogP contribution in [0.2, 0.25) is 0 Å². The van der Waals surface area contributed by atoms with Crippen LogP contribution >= 0.6 is 6.89 Å². The highest BCUT2D eigenvalue weighted by Crippen LogP contribution is 2.38. The van der Waals surface area contributed by atoms with Gasteiger partial charge < -0.3 is 20.3 Å². The van der Waals surface area contributed by atoms with Crippen molar-refractivity contribution in [3.05, 3.63) is 12.4 Å². The molecule has 3 N–H and O–H groups in total. The molecule has 2 heterocycles. The van der Waals surface area contributed by atoms with E-state index >= 15 is 0 Å². The van der Waals surface area contributed by atoms with Crippen molar-refractivity contribution in [2.75, 3.05) is 19.5 Å². The molecule has 1 amide bonds. The lowest BCUT2D eigenvalue weighted by atomic mass is 10.1. The quantitative estimate of drug-likeness (QED) is 0.604. The summed E-state index contributed by atoms with van der Waals surface area (Å²) in [6.45, 7) is 6.65. The minimum atomic E-state index is -1.23. The second-order valence-electron chi connectivity index (χ2n) is 6.02.